The Bertz CT molecular complexity index is 360. The minimum atomic E-state index is 0.735. The van der Waals surface area contributed by atoms with Crippen molar-refractivity contribution in [3.8, 4) is 5.75 Å². The Morgan fingerprint density at radius 1 is 1.35 bits per heavy atom. The lowest BCUT2D eigenvalue weighted by Crippen LogP contribution is -2.21. The van der Waals surface area contributed by atoms with Gasteiger partial charge in [-0.05, 0) is 43.0 Å². The van der Waals surface area contributed by atoms with E-state index in [2.05, 4.69) is 37.4 Å². The molecule has 1 aromatic carbocycles. The maximum Gasteiger partial charge on any atom is 0.125 e. The maximum absolute atomic E-state index is 5.70. The molecular formula is C15H23NO. The van der Waals surface area contributed by atoms with E-state index < -0.39 is 0 Å². The second-order valence-corrected chi connectivity index (χ2v) is 5.21. The van der Waals surface area contributed by atoms with E-state index in [1.165, 1.54) is 17.5 Å². The normalized spacial score (nSPS) is 13.8. The molecule has 1 aliphatic rings. The average molecular weight is 233 g/mol. The van der Waals surface area contributed by atoms with Gasteiger partial charge in [0.1, 0.15) is 5.75 Å². The largest absolute Gasteiger partial charge is 0.493 e. The molecule has 0 aromatic heterocycles. The first-order valence-electron chi connectivity index (χ1n) is 6.71. The van der Waals surface area contributed by atoms with Gasteiger partial charge in [0, 0.05) is 6.42 Å². The highest BCUT2D eigenvalue weighted by molar-refractivity contribution is 5.43. The van der Waals surface area contributed by atoms with Gasteiger partial charge in [-0.25, -0.2) is 0 Å². The Labute approximate surface area is 104 Å². The molecule has 0 saturated heterocycles. The van der Waals surface area contributed by atoms with Gasteiger partial charge < -0.3 is 10.1 Å². The Balaban J connectivity index is 1.78. The third kappa shape index (κ3) is 3.47. The van der Waals surface area contributed by atoms with Crippen LogP contribution in [0.3, 0.4) is 0 Å². The summed E-state index contributed by atoms with van der Waals surface area (Å²) in [5.74, 6) is 1.90. The van der Waals surface area contributed by atoms with Gasteiger partial charge in [-0.2, -0.15) is 0 Å². The third-order valence-corrected chi connectivity index (χ3v) is 3.15. The monoisotopic (exact) mass is 233 g/mol. The smallest absolute Gasteiger partial charge is 0.125 e. The predicted octanol–water partition coefficient (Wildman–Crippen LogP) is 2.80. The molecule has 0 spiro atoms. The van der Waals surface area contributed by atoms with E-state index in [4.69, 9.17) is 4.74 Å². The molecule has 1 N–H and O–H groups in total. The van der Waals surface area contributed by atoms with Gasteiger partial charge >= 0.3 is 0 Å². The Hall–Kier alpha value is -1.02. The molecule has 0 fully saturated rings. The summed E-state index contributed by atoms with van der Waals surface area (Å²) in [6.07, 6.45) is 3.38. The van der Waals surface area contributed by atoms with Crippen LogP contribution in [0.15, 0.2) is 18.2 Å². The van der Waals surface area contributed by atoms with Crippen LogP contribution in [0, 0.1) is 5.92 Å². The Kier molecular flexibility index (Phi) is 4.43. The molecular weight excluding hydrogens is 210 g/mol. The summed E-state index contributed by atoms with van der Waals surface area (Å²) in [7, 11) is 0. The number of rotatable bonds is 6. The summed E-state index contributed by atoms with van der Waals surface area (Å²) < 4.78 is 5.70. The van der Waals surface area contributed by atoms with Gasteiger partial charge in [-0.1, -0.05) is 32.0 Å². The standard InChI is InChI=1S/C15H23NO/c1-12(2)11-16-9-4-7-13-5-3-6-14-8-10-17-15(13)14/h3,5-6,12,16H,4,7-11H2,1-2H3. The Morgan fingerprint density at radius 2 is 2.24 bits per heavy atom. The predicted molar refractivity (Wildman–Crippen MR) is 71.7 cm³/mol. The molecule has 1 aromatic rings. The third-order valence-electron chi connectivity index (χ3n) is 3.15. The quantitative estimate of drug-likeness (QED) is 0.763. The topological polar surface area (TPSA) is 21.3 Å². The second-order valence-electron chi connectivity index (χ2n) is 5.21. The number of nitrogens with one attached hydrogen (secondary N) is 1. The molecule has 2 nitrogen and oxygen atoms in total. The van der Waals surface area contributed by atoms with Crippen LogP contribution in [-0.2, 0) is 12.8 Å². The summed E-state index contributed by atoms with van der Waals surface area (Å²) in [5.41, 5.74) is 2.77. The molecule has 0 amide bonds. The van der Waals surface area contributed by atoms with E-state index in [9.17, 15) is 0 Å². The minimum absolute atomic E-state index is 0.735. The number of fused-ring (bicyclic) bond motifs is 1. The van der Waals surface area contributed by atoms with E-state index >= 15 is 0 Å². The zero-order chi connectivity index (χ0) is 12.1. The van der Waals surface area contributed by atoms with Gasteiger partial charge in [0.25, 0.3) is 0 Å². The summed E-state index contributed by atoms with van der Waals surface area (Å²) in [6, 6.07) is 6.54. The van der Waals surface area contributed by atoms with Crippen molar-refractivity contribution in [2.75, 3.05) is 19.7 Å². The number of hydrogen-bond donors (Lipinski definition) is 1. The van der Waals surface area contributed by atoms with Crippen LogP contribution in [0.2, 0.25) is 0 Å². The van der Waals surface area contributed by atoms with Crippen molar-refractivity contribution in [3.63, 3.8) is 0 Å². The van der Waals surface area contributed by atoms with Gasteiger partial charge in [-0.15, -0.1) is 0 Å². The van der Waals surface area contributed by atoms with Crippen LogP contribution in [0.5, 0.6) is 5.75 Å². The molecule has 0 atom stereocenters. The maximum atomic E-state index is 5.70. The van der Waals surface area contributed by atoms with Crippen LogP contribution < -0.4 is 10.1 Å². The molecule has 0 aliphatic carbocycles. The van der Waals surface area contributed by atoms with E-state index in [1.54, 1.807) is 0 Å². The molecule has 1 aliphatic heterocycles. The summed E-state index contributed by atoms with van der Waals surface area (Å²) >= 11 is 0. The van der Waals surface area contributed by atoms with Crippen molar-refractivity contribution in [2.24, 2.45) is 5.92 Å². The van der Waals surface area contributed by atoms with Crippen LogP contribution >= 0.6 is 0 Å². The highest BCUT2D eigenvalue weighted by Crippen LogP contribution is 2.29. The van der Waals surface area contributed by atoms with Crippen LogP contribution in [0.1, 0.15) is 31.4 Å². The average Bonchev–Trinajstić information content (AvgIpc) is 2.77. The number of benzene rings is 1. The van der Waals surface area contributed by atoms with Crippen LogP contribution in [0.25, 0.3) is 0 Å². The molecule has 1 heterocycles. The van der Waals surface area contributed by atoms with Crippen LogP contribution in [-0.4, -0.2) is 19.7 Å². The van der Waals surface area contributed by atoms with E-state index in [0.29, 0.717) is 0 Å². The molecule has 94 valence electrons. The number of ether oxygens (including phenoxy) is 1. The zero-order valence-electron chi connectivity index (χ0n) is 11.0. The van der Waals surface area contributed by atoms with E-state index in [0.717, 1.165) is 44.2 Å². The van der Waals surface area contributed by atoms with E-state index in [1.807, 2.05) is 0 Å². The molecule has 2 heteroatoms. The second kappa shape index (κ2) is 6.06. The summed E-state index contributed by atoms with van der Waals surface area (Å²) in [4.78, 5) is 0. The van der Waals surface area contributed by atoms with E-state index in [-0.39, 0.29) is 0 Å². The highest BCUT2D eigenvalue weighted by Gasteiger charge is 2.14. The summed E-state index contributed by atoms with van der Waals surface area (Å²) in [6.45, 7) is 7.55. The highest BCUT2D eigenvalue weighted by atomic mass is 16.5. The van der Waals surface area contributed by atoms with Gasteiger partial charge in [0.2, 0.25) is 0 Å². The molecule has 2 rings (SSSR count). The van der Waals surface area contributed by atoms with Crippen molar-refractivity contribution in [1.82, 2.24) is 5.32 Å². The lowest BCUT2D eigenvalue weighted by molar-refractivity contribution is 0.353. The van der Waals surface area contributed by atoms with Gasteiger partial charge in [0.15, 0.2) is 0 Å². The fourth-order valence-electron chi connectivity index (χ4n) is 2.27. The van der Waals surface area contributed by atoms with Crippen molar-refractivity contribution in [3.05, 3.63) is 29.3 Å². The molecule has 0 bridgehead atoms. The first-order chi connectivity index (χ1) is 8.27. The lowest BCUT2D eigenvalue weighted by atomic mass is 10.0. The Morgan fingerprint density at radius 3 is 3.06 bits per heavy atom. The van der Waals surface area contributed by atoms with Crippen molar-refractivity contribution < 1.29 is 4.74 Å². The fraction of sp³-hybridized carbons (Fsp3) is 0.600. The van der Waals surface area contributed by atoms with Crippen molar-refractivity contribution in [2.45, 2.75) is 33.1 Å². The first-order valence-corrected chi connectivity index (χ1v) is 6.71. The minimum Gasteiger partial charge on any atom is -0.493 e. The van der Waals surface area contributed by atoms with Crippen LogP contribution in [0.4, 0.5) is 0 Å². The lowest BCUT2D eigenvalue weighted by Gasteiger charge is -2.09. The molecule has 0 saturated carbocycles. The number of para-hydroxylation sites is 1. The van der Waals surface area contributed by atoms with Crippen molar-refractivity contribution >= 4 is 0 Å². The first kappa shape index (κ1) is 12.4. The SMILES string of the molecule is CC(C)CNCCCc1cccc2c1OCC2. The summed E-state index contributed by atoms with van der Waals surface area (Å²) in [5, 5.41) is 3.48. The van der Waals surface area contributed by atoms with Gasteiger partial charge in [0.05, 0.1) is 6.61 Å². The molecule has 0 unspecified atom stereocenters. The number of hydrogen-bond acceptors (Lipinski definition) is 2. The number of aryl methyl sites for hydroxylation is 1. The van der Waals surface area contributed by atoms with Gasteiger partial charge in [-0.3, -0.25) is 0 Å². The fourth-order valence-corrected chi connectivity index (χ4v) is 2.27. The zero-order valence-corrected chi connectivity index (χ0v) is 11.0. The van der Waals surface area contributed by atoms with Crippen molar-refractivity contribution in [1.29, 1.82) is 0 Å². The molecule has 0 radical (unpaired) electrons. The molecule has 17 heavy (non-hydrogen) atoms.